The molecule has 0 atom stereocenters. The molecular weight excluding hydrogens is 346 g/mol. The van der Waals surface area contributed by atoms with Crippen molar-refractivity contribution in [1.82, 2.24) is 25.3 Å². The molecule has 0 bridgehead atoms. The normalized spacial score (nSPS) is 15.6. The molecule has 0 unspecified atom stereocenters. The first-order chi connectivity index (χ1) is 12.8. The van der Waals surface area contributed by atoms with Crippen molar-refractivity contribution in [3.8, 4) is 11.3 Å². The lowest BCUT2D eigenvalue weighted by atomic mass is 9.93. The van der Waals surface area contributed by atoms with E-state index in [1.807, 2.05) is 6.20 Å². The lowest BCUT2D eigenvalue weighted by Crippen LogP contribution is -2.26. The predicted octanol–water partition coefficient (Wildman–Crippen LogP) is 3.00. The number of nitrogens with one attached hydrogen (secondary N) is 2. The molecule has 0 spiro atoms. The fraction of sp³-hybridized carbons (Fsp3) is 0.632. The van der Waals surface area contributed by atoms with E-state index >= 15 is 0 Å². The van der Waals surface area contributed by atoms with Gasteiger partial charge in [0, 0.05) is 29.9 Å². The SMILES string of the molecule is O=C(NCCCCCCS)c1[nH]nc2c1CCc1c-2cnn1CC1CC1. The molecule has 0 saturated heterocycles. The number of unbranched alkanes of at least 4 members (excludes halogenated alkanes) is 3. The fourth-order valence-electron chi connectivity index (χ4n) is 3.72. The Bertz CT molecular complexity index is 777. The summed E-state index contributed by atoms with van der Waals surface area (Å²) in [5, 5.41) is 15.0. The van der Waals surface area contributed by atoms with E-state index in [0.717, 1.165) is 67.1 Å². The smallest absolute Gasteiger partial charge is 0.269 e. The molecule has 2 heterocycles. The van der Waals surface area contributed by atoms with Crippen molar-refractivity contribution in [3.05, 3.63) is 23.1 Å². The molecule has 2 aromatic heterocycles. The van der Waals surface area contributed by atoms with Crippen LogP contribution in [0, 0.1) is 5.92 Å². The Morgan fingerprint density at radius 1 is 1.27 bits per heavy atom. The van der Waals surface area contributed by atoms with E-state index in [1.165, 1.54) is 25.0 Å². The molecule has 1 fully saturated rings. The molecule has 2 N–H and O–H groups in total. The molecule has 140 valence electrons. The summed E-state index contributed by atoms with van der Waals surface area (Å²) < 4.78 is 2.15. The first-order valence-electron chi connectivity index (χ1n) is 9.79. The van der Waals surface area contributed by atoms with Crippen molar-refractivity contribution in [3.63, 3.8) is 0 Å². The largest absolute Gasteiger partial charge is 0.351 e. The van der Waals surface area contributed by atoms with Gasteiger partial charge < -0.3 is 5.32 Å². The van der Waals surface area contributed by atoms with Crippen LogP contribution in [0.2, 0.25) is 0 Å². The Balaban J connectivity index is 1.40. The molecule has 0 radical (unpaired) electrons. The second-order valence-corrected chi connectivity index (χ2v) is 7.90. The van der Waals surface area contributed by atoms with Crippen molar-refractivity contribution < 1.29 is 4.79 Å². The number of aromatic nitrogens is 4. The second kappa shape index (κ2) is 7.86. The first kappa shape index (κ1) is 17.6. The van der Waals surface area contributed by atoms with Crippen LogP contribution < -0.4 is 5.32 Å². The monoisotopic (exact) mass is 373 g/mol. The second-order valence-electron chi connectivity index (χ2n) is 7.45. The van der Waals surface area contributed by atoms with Crippen LogP contribution in [-0.4, -0.2) is 38.2 Å². The molecule has 2 aliphatic rings. The van der Waals surface area contributed by atoms with Crippen LogP contribution in [0.25, 0.3) is 11.3 Å². The number of carbonyl (C=O) groups excluding carboxylic acids is 1. The maximum atomic E-state index is 12.5. The zero-order chi connectivity index (χ0) is 17.9. The average molecular weight is 374 g/mol. The molecule has 0 aliphatic heterocycles. The number of carbonyl (C=O) groups is 1. The molecular formula is C19H27N5OS. The Hall–Kier alpha value is -1.76. The quantitative estimate of drug-likeness (QED) is 0.467. The van der Waals surface area contributed by atoms with Gasteiger partial charge in [0.05, 0.1) is 11.9 Å². The van der Waals surface area contributed by atoms with E-state index in [2.05, 4.69) is 37.9 Å². The number of aromatic amines is 1. The molecule has 26 heavy (non-hydrogen) atoms. The van der Waals surface area contributed by atoms with Gasteiger partial charge in [-0.2, -0.15) is 22.8 Å². The van der Waals surface area contributed by atoms with Gasteiger partial charge >= 0.3 is 0 Å². The lowest BCUT2D eigenvalue weighted by molar-refractivity contribution is 0.0947. The average Bonchev–Trinajstić information content (AvgIpc) is 3.20. The van der Waals surface area contributed by atoms with Crippen LogP contribution in [0.5, 0.6) is 0 Å². The van der Waals surface area contributed by atoms with Gasteiger partial charge in [-0.1, -0.05) is 12.8 Å². The highest BCUT2D eigenvalue weighted by atomic mass is 32.1. The van der Waals surface area contributed by atoms with Gasteiger partial charge in [-0.25, -0.2) is 0 Å². The van der Waals surface area contributed by atoms with Gasteiger partial charge in [0.1, 0.15) is 5.69 Å². The highest BCUT2D eigenvalue weighted by molar-refractivity contribution is 7.80. The maximum absolute atomic E-state index is 12.5. The first-order valence-corrected chi connectivity index (χ1v) is 10.4. The van der Waals surface area contributed by atoms with E-state index in [0.29, 0.717) is 12.2 Å². The number of H-pyrrole nitrogens is 1. The summed E-state index contributed by atoms with van der Waals surface area (Å²) in [4.78, 5) is 12.5. The Labute approximate surface area is 159 Å². The summed E-state index contributed by atoms with van der Waals surface area (Å²) >= 11 is 4.22. The number of nitrogens with zero attached hydrogens (tertiary/aromatic N) is 3. The van der Waals surface area contributed by atoms with Crippen LogP contribution in [0.3, 0.4) is 0 Å². The molecule has 0 aromatic carbocycles. The highest BCUT2D eigenvalue weighted by Crippen LogP contribution is 2.36. The summed E-state index contributed by atoms with van der Waals surface area (Å²) in [6.45, 7) is 1.74. The van der Waals surface area contributed by atoms with Crippen LogP contribution in [0.1, 0.15) is 60.3 Å². The van der Waals surface area contributed by atoms with Crippen molar-refractivity contribution in [1.29, 1.82) is 0 Å². The Morgan fingerprint density at radius 3 is 2.92 bits per heavy atom. The van der Waals surface area contributed by atoms with Crippen LogP contribution >= 0.6 is 12.6 Å². The number of amides is 1. The molecule has 2 aliphatic carbocycles. The standard InChI is InChI=1S/C19H27N5OS/c25-19(20-9-3-1-2-4-10-26)18-14-7-8-16-15(17(14)22-23-18)11-21-24(16)12-13-5-6-13/h11,13,26H,1-10,12H2,(H,20,25)(H,22,23). The third-order valence-electron chi connectivity index (χ3n) is 5.41. The van der Waals surface area contributed by atoms with Crippen molar-refractivity contribution in [2.24, 2.45) is 5.92 Å². The van der Waals surface area contributed by atoms with Crippen LogP contribution in [0.15, 0.2) is 6.20 Å². The molecule has 1 saturated carbocycles. The fourth-order valence-corrected chi connectivity index (χ4v) is 3.94. The number of hydrogen-bond donors (Lipinski definition) is 3. The summed E-state index contributed by atoms with van der Waals surface area (Å²) in [6.07, 6.45) is 10.8. The Morgan fingerprint density at radius 2 is 2.12 bits per heavy atom. The van der Waals surface area contributed by atoms with E-state index in [9.17, 15) is 4.79 Å². The van der Waals surface area contributed by atoms with Crippen molar-refractivity contribution in [2.75, 3.05) is 12.3 Å². The van der Waals surface area contributed by atoms with Gasteiger partial charge in [-0.05, 0) is 50.2 Å². The summed E-state index contributed by atoms with van der Waals surface area (Å²) in [6, 6.07) is 0. The van der Waals surface area contributed by atoms with Gasteiger partial charge in [0.2, 0.25) is 0 Å². The zero-order valence-corrected chi connectivity index (χ0v) is 16.0. The van der Waals surface area contributed by atoms with E-state index in [-0.39, 0.29) is 5.91 Å². The third kappa shape index (κ3) is 3.68. The highest BCUT2D eigenvalue weighted by Gasteiger charge is 2.30. The van der Waals surface area contributed by atoms with Gasteiger partial charge in [0.25, 0.3) is 5.91 Å². The minimum atomic E-state index is -0.0400. The van der Waals surface area contributed by atoms with Crippen molar-refractivity contribution >= 4 is 18.5 Å². The van der Waals surface area contributed by atoms with E-state index in [1.54, 1.807) is 0 Å². The van der Waals surface area contributed by atoms with E-state index in [4.69, 9.17) is 0 Å². The molecule has 4 rings (SSSR count). The summed E-state index contributed by atoms with van der Waals surface area (Å²) in [7, 11) is 0. The van der Waals surface area contributed by atoms with E-state index < -0.39 is 0 Å². The lowest BCUT2D eigenvalue weighted by Gasteiger charge is -2.15. The number of thiol groups is 1. The summed E-state index contributed by atoms with van der Waals surface area (Å²) in [5.41, 5.74) is 4.93. The Kier molecular flexibility index (Phi) is 5.33. The zero-order valence-electron chi connectivity index (χ0n) is 15.1. The maximum Gasteiger partial charge on any atom is 0.269 e. The predicted molar refractivity (Wildman–Crippen MR) is 105 cm³/mol. The summed E-state index contributed by atoms with van der Waals surface area (Å²) in [5.74, 6) is 1.70. The molecule has 2 aromatic rings. The molecule has 6 nitrogen and oxygen atoms in total. The number of hydrogen-bond acceptors (Lipinski definition) is 4. The minimum Gasteiger partial charge on any atom is -0.351 e. The molecule has 7 heteroatoms. The van der Waals surface area contributed by atoms with Gasteiger partial charge in [-0.3, -0.25) is 14.6 Å². The van der Waals surface area contributed by atoms with Gasteiger partial charge in [0.15, 0.2) is 0 Å². The van der Waals surface area contributed by atoms with Gasteiger partial charge in [-0.15, -0.1) is 0 Å². The topological polar surface area (TPSA) is 75.6 Å². The number of fused-ring (bicyclic) bond motifs is 3. The molecule has 1 amide bonds. The minimum absolute atomic E-state index is 0.0400. The third-order valence-corrected chi connectivity index (χ3v) is 5.72. The van der Waals surface area contributed by atoms with Crippen LogP contribution in [-0.2, 0) is 19.4 Å². The van der Waals surface area contributed by atoms with Crippen molar-refractivity contribution in [2.45, 2.75) is 57.9 Å². The van der Waals surface area contributed by atoms with Crippen LogP contribution in [0.4, 0.5) is 0 Å². The number of rotatable bonds is 9.